The summed E-state index contributed by atoms with van der Waals surface area (Å²) in [6, 6.07) is 14.9. The quantitative estimate of drug-likeness (QED) is 0.886. The van der Waals surface area contributed by atoms with E-state index in [0.717, 1.165) is 16.7 Å². The fourth-order valence-electron chi connectivity index (χ4n) is 3.50. The largest absolute Gasteiger partial charge is 0.372 e. The lowest BCUT2D eigenvalue weighted by atomic mass is 9.95. The minimum absolute atomic E-state index is 0. The molecule has 134 valence electrons. The number of rotatable bonds is 3. The second-order valence-corrected chi connectivity index (χ2v) is 8.36. The highest BCUT2D eigenvalue weighted by atomic mass is 35.5. The Morgan fingerprint density at radius 2 is 1.72 bits per heavy atom. The second-order valence-electron chi connectivity index (χ2n) is 6.43. The predicted octanol–water partition coefficient (Wildman–Crippen LogP) is 2.25. The van der Waals surface area contributed by atoms with Crippen molar-refractivity contribution in [2.45, 2.75) is 30.1 Å². The van der Waals surface area contributed by atoms with E-state index in [1.54, 1.807) is 12.1 Å². The zero-order chi connectivity index (χ0) is 16.7. The van der Waals surface area contributed by atoms with E-state index in [1.807, 2.05) is 36.4 Å². The summed E-state index contributed by atoms with van der Waals surface area (Å²) in [4.78, 5) is 0.327. The first kappa shape index (κ1) is 18.4. The Labute approximate surface area is 154 Å². The van der Waals surface area contributed by atoms with Gasteiger partial charge in [-0.05, 0) is 28.8 Å². The van der Waals surface area contributed by atoms with Crippen molar-refractivity contribution in [2.24, 2.45) is 5.73 Å². The van der Waals surface area contributed by atoms with Gasteiger partial charge in [0.2, 0.25) is 10.0 Å². The summed E-state index contributed by atoms with van der Waals surface area (Å²) < 4.78 is 32.9. The number of nitrogens with two attached hydrogens (primary N) is 1. The van der Waals surface area contributed by atoms with Gasteiger partial charge in [0.05, 0.1) is 18.1 Å². The molecule has 0 amide bonds. The Morgan fingerprint density at radius 3 is 2.48 bits per heavy atom. The molecule has 0 aromatic heterocycles. The molecular weight excluding hydrogens is 360 g/mol. The molecule has 2 aliphatic rings. The molecule has 2 aliphatic heterocycles. The van der Waals surface area contributed by atoms with Gasteiger partial charge in [0, 0.05) is 25.0 Å². The molecule has 2 heterocycles. The molecule has 4 rings (SSSR count). The summed E-state index contributed by atoms with van der Waals surface area (Å²) in [7, 11) is -3.54. The third-order valence-electron chi connectivity index (χ3n) is 4.89. The van der Waals surface area contributed by atoms with Gasteiger partial charge >= 0.3 is 0 Å². The highest BCUT2D eigenvalue weighted by Gasteiger charge is 2.38. The summed E-state index contributed by atoms with van der Waals surface area (Å²) >= 11 is 0. The summed E-state index contributed by atoms with van der Waals surface area (Å²) in [6.07, 6.45) is 0. The van der Waals surface area contributed by atoms with Crippen LogP contribution in [0.3, 0.4) is 0 Å². The Balaban J connectivity index is 0.00000182. The fraction of sp³-hybridized carbons (Fsp3) is 0.333. The third kappa shape index (κ3) is 3.32. The van der Waals surface area contributed by atoms with E-state index in [1.165, 1.54) is 4.31 Å². The van der Waals surface area contributed by atoms with Crippen LogP contribution in [-0.4, -0.2) is 31.9 Å². The lowest BCUT2D eigenvalue weighted by Crippen LogP contribution is -2.32. The number of fused-ring (bicyclic) bond motifs is 1. The van der Waals surface area contributed by atoms with E-state index in [4.69, 9.17) is 10.5 Å². The van der Waals surface area contributed by atoms with Gasteiger partial charge in [-0.3, -0.25) is 0 Å². The minimum Gasteiger partial charge on any atom is -0.372 e. The zero-order valence-corrected chi connectivity index (χ0v) is 15.3. The fourth-order valence-corrected chi connectivity index (χ4v) is 5.05. The zero-order valence-electron chi connectivity index (χ0n) is 13.7. The van der Waals surface area contributed by atoms with Crippen molar-refractivity contribution < 1.29 is 13.2 Å². The first-order valence-corrected chi connectivity index (χ1v) is 9.50. The van der Waals surface area contributed by atoms with Crippen molar-refractivity contribution >= 4 is 22.4 Å². The molecule has 0 bridgehead atoms. The van der Waals surface area contributed by atoms with Crippen LogP contribution in [-0.2, 0) is 28.0 Å². The average molecular weight is 381 g/mol. The highest BCUT2D eigenvalue weighted by Crippen LogP contribution is 2.31. The van der Waals surface area contributed by atoms with Crippen LogP contribution >= 0.6 is 12.4 Å². The van der Waals surface area contributed by atoms with Gasteiger partial charge in [-0.25, -0.2) is 8.42 Å². The molecule has 0 aliphatic carbocycles. The van der Waals surface area contributed by atoms with Crippen LogP contribution in [0.1, 0.15) is 22.6 Å². The van der Waals surface area contributed by atoms with Gasteiger partial charge in [0.25, 0.3) is 0 Å². The molecular formula is C18H21ClN2O3S. The normalized spacial score (nSPS) is 23.2. The standard InChI is InChI=1S/C18H20N2O3S.ClH/c19-18-10-20(9-17(18)13-4-2-1-3-5-13)24(21,22)16-7-6-14-11-23-12-15(14)8-16;/h1-8,17-18H,9-12,19H2;1H/t17-,18+;/m0./s1. The Bertz CT molecular complexity index is 858. The SMILES string of the molecule is Cl.N[C@@H]1CN(S(=O)(=O)c2ccc3c(c2)COC3)C[C@H]1c1ccccc1. The maximum Gasteiger partial charge on any atom is 0.243 e. The van der Waals surface area contributed by atoms with Crippen molar-refractivity contribution in [3.8, 4) is 0 Å². The van der Waals surface area contributed by atoms with Crippen molar-refractivity contribution in [1.82, 2.24) is 4.31 Å². The van der Waals surface area contributed by atoms with E-state index in [2.05, 4.69) is 0 Å². The van der Waals surface area contributed by atoms with Gasteiger partial charge in [0.1, 0.15) is 0 Å². The van der Waals surface area contributed by atoms with E-state index in [9.17, 15) is 8.42 Å². The summed E-state index contributed by atoms with van der Waals surface area (Å²) in [5.41, 5.74) is 9.35. The topological polar surface area (TPSA) is 72.6 Å². The molecule has 7 heteroatoms. The van der Waals surface area contributed by atoms with E-state index < -0.39 is 10.0 Å². The van der Waals surface area contributed by atoms with Gasteiger partial charge in [-0.15, -0.1) is 12.4 Å². The number of sulfonamides is 1. The molecule has 0 saturated carbocycles. The molecule has 25 heavy (non-hydrogen) atoms. The molecule has 2 atom stereocenters. The number of benzene rings is 2. The Hall–Kier alpha value is -1.44. The third-order valence-corrected chi connectivity index (χ3v) is 6.72. The number of hydrogen-bond donors (Lipinski definition) is 1. The lowest BCUT2D eigenvalue weighted by Gasteiger charge is -2.17. The minimum atomic E-state index is -3.54. The first-order valence-electron chi connectivity index (χ1n) is 8.06. The van der Waals surface area contributed by atoms with Gasteiger partial charge in [-0.1, -0.05) is 36.4 Å². The Morgan fingerprint density at radius 1 is 1.00 bits per heavy atom. The molecule has 1 fully saturated rings. The molecule has 0 radical (unpaired) electrons. The van der Waals surface area contributed by atoms with Crippen LogP contribution in [0.2, 0.25) is 0 Å². The van der Waals surface area contributed by atoms with E-state index in [0.29, 0.717) is 31.2 Å². The monoisotopic (exact) mass is 380 g/mol. The van der Waals surface area contributed by atoms with Gasteiger partial charge in [0.15, 0.2) is 0 Å². The maximum absolute atomic E-state index is 13.0. The van der Waals surface area contributed by atoms with Crippen molar-refractivity contribution in [1.29, 1.82) is 0 Å². The van der Waals surface area contributed by atoms with Crippen molar-refractivity contribution in [3.05, 3.63) is 65.2 Å². The lowest BCUT2D eigenvalue weighted by molar-refractivity contribution is 0.134. The van der Waals surface area contributed by atoms with Crippen LogP contribution in [0, 0.1) is 0 Å². The van der Waals surface area contributed by atoms with Gasteiger partial charge < -0.3 is 10.5 Å². The molecule has 2 N–H and O–H groups in total. The molecule has 1 saturated heterocycles. The maximum atomic E-state index is 13.0. The van der Waals surface area contributed by atoms with Crippen molar-refractivity contribution in [2.75, 3.05) is 13.1 Å². The summed E-state index contributed by atoms with van der Waals surface area (Å²) in [5.74, 6) is 0.0266. The summed E-state index contributed by atoms with van der Waals surface area (Å²) in [6.45, 7) is 1.79. The predicted molar refractivity (Wildman–Crippen MR) is 98.1 cm³/mol. The van der Waals surface area contributed by atoms with Crippen LogP contribution < -0.4 is 5.73 Å². The molecule has 2 aromatic rings. The summed E-state index contributed by atoms with van der Waals surface area (Å²) in [5, 5.41) is 0. The highest BCUT2D eigenvalue weighted by molar-refractivity contribution is 7.89. The molecule has 5 nitrogen and oxygen atoms in total. The Kier molecular flexibility index (Phi) is 5.18. The second kappa shape index (κ2) is 7.05. The number of nitrogens with zero attached hydrogens (tertiary/aromatic N) is 1. The van der Waals surface area contributed by atoms with Crippen LogP contribution in [0.15, 0.2) is 53.4 Å². The van der Waals surface area contributed by atoms with E-state index in [-0.39, 0.29) is 24.4 Å². The number of halogens is 1. The average Bonchev–Trinajstić information content (AvgIpc) is 3.21. The van der Waals surface area contributed by atoms with E-state index >= 15 is 0 Å². The van der Waals surface area contributed by atoms with Gasteiger partial charge in [-0.2, -0.15) is 4.31 Å². The number of ether oxygens (including phenoxy) is 1. The van der Waals surface area contributed by atoms with Crippen LogP contribution in [0.5, 0.6) is 0 Å². The first-order chi connectivity index (χ1) is 11.6. The smallest absolute Gasteiger partial charge is 0.243 e. The molecule has 0 unspecified atom stereocenters. The number of hydrogen-bond acceptors (Lipinski definition) is 4. The van der Waals surface area contributed by atoms with Crippen LogP contribution in [0.25, 0.3) is 0 Å². The van der Waals surface area contributed by atoms with Crippen LogP contribution in [0.4, 0.5) is 0 Å². The molecule has 0 spiro atoms. The molecule has 2 aromatic carbocycles. The van der Waals surface area contributed by atoms with Crippen molar-refractivity contribution in [3.63, 3.8) is 0 Å².